The van der Waals surface area contributed by atoms with Crippen molar-refractivity contribution in [3.8, 4) is 0 Å². The molecule has 1 aliphatic rings. The van der Waals surface area contributed by atoms with Gasteiger partial charge in [-0.15, -0.1) is 0 Å². The van der Waals surface area contributed by atoms with Crippen LogP contribution in [0.1, 0.15) is 40.5 Å². The SMILES string of the molecule is CCNC(C)(C)C(=O)NC1CC(C)C1. The van der Waals surface area contributed by atoms with Crippen LogP contribution in [0.3, 0.4) is 0 Å². The summed E-state index contributed by atoms with van der Waals surface area (Å²) < 4.78 is 0. The van der Waals surface area contributed by atoms with E-state index in [9.17, 15) is 4.79 Å². The summed E-state index contributed by atoms with van der Waals surface area (Å²) in [4.78, 5) is 11.8. The predicted octanol–water partition coefficient (Wildman–Crippen LogP) is 1.29. The first-order valence-electron chi connectivity index (χ1n) is 5.51. The van der Waals surface area contributed by atoms with Gasteiger partial charge in [0.25, 0.3) is 0 Å². The quantitative estimate of drug-likeness (QED) is 0.714. The van der Waals surface area contributed by atoms with E-state index in [-0.39, 0.29) is 5.91 Å². The molecule has 1 saturated carbocycles. The van der Waals surface area contributed by atoms with Crippen LogP contribution < -0.4 is 10.6 Å². The smallest absolute Gasteiger partial charge is 0.239 e. The zero-order chi connectivity index (χ0) is 10.8. The summed E-state index contributed by atoms with van der Waals surface area (Å²) in [5.74, 6) is 0.902. The van der Waals surface area contributed by atoms with E-state index < -0.39 is 5.54 Å². The van der Waals surface area contributed by atoms with Crippen molar-refractivity contribution in [2.75, 3.05) is 6.54 Å². The lowest BCUT2D eigenvalue weighted by Crippen LogP contribution is -2.56. The number of likely N-dealkylation sites (N-methyl/N-ethyl adjacent to an activating group) is 1. The third-order valence-corrected chi connectivity index (χ3v) is 2.90. The highest BCUT2D eigenvalue weighted by atomic mass is 16.2. The first-order chi connectivity index (χ1) is 6.45. The molecule has 3 nitrogen and oxygen atoms in total. The third-order valence-electron chi connectivity index (χ3n) is 2.90. The van der Waals surface area contributed by atoms with Crippen LogP contribution in [0.5, 0.6) is 0 Å². The van der Waals surface area contributed by atoms with Gasteiger partial charge in [-0.1, -0.05) is 13.8 Å². The van der Waals surface area contributed by atoms with Gasteiger partial charge in [0.05, 0.1) is 5.54 Å². The first-order valence-corrected chi connectivity index (χ1v) is 5.51. The fourth-order valence-corrected chi connectivity index (χ4v) is 1.91. The molecule has 1 rings (SSSR count). The lowest BCUT2D eigenvalue weighted by Gasteiger charge is -2.36. The molecular weight excluding hydrogens is 176 g/mol. The van der Waals surface area contributed by atoms with Gasteiger partial charge in [-0.05, 0) is 39.2 Å². The molecule has 2 N–H and O–H groups in total. The van der Waals surface area contributed by atoms with Gasteiger partial charge < -0.3 is 10.6 Å². The standard InChI is InChI=1S/C11H22N2O/c1-5-12-11(3,4)10(14)13-9-6-8(2)7-9/h8-9,12H,5-7H2,1-4H3,(H,13,14). The Hall–Kier alpha value is -0.570. The normalized spacial score (nSPS) is 26.9. The molecule has 0 heterocycles. The van der Waals surface area contributed by atoms with Crippen LogP contribution >= 0.6 is 0 Å². The van der Waals surface area contributed by atoms with E-state index in [2.05, 4.69) is 17.6 Å². The average molecular weight is 198 g/mol. The molecule has 0 aromatic heterocycles. The largest absolute Gasteiger partial charge is 0.352 e. The van der Waals surface area contributed by atoms with E-state index in [4.69, 9.17) is 0 Å². The second kappa shape index (κ2) is 4.30. The maximum Gasteiger partial charge on any atom is 0.239 e. The van der Waals surface area contributed by atoms with Crippen molar-refractivity contribution in [1.82, 2.24) is 10.6 Å². The fraction of sp³-hybridized carbons (Fsp3) is 0.909. The first kappa shape index (κ1) is 11.5. The minimum atomic E-state index is -0.437. The Kier molecular flexibility index (Phi) is 3.53. The molecule has 3 heteroatoms. The Balaban J connectivity index is 2.33. The van der Waals surface area contributed by atoms with E-state index in [0.29, 0.717) is 6.04 Å². The third kappa shape index (κ3) is 2.71. The van der Waals surface area contributed by atoms with Crippen LogP contribution in [0.2, 0.25) is 0 Å². The van der Waals surface area contributed by atoms with E-state index >= 15 is 0 Å². The maximum atomic E-state index is 11.8. The zero-order valence-electron chi connectivity index (χ0n) is 9.68. The summed E-state index contributed by atoms with van der Waals surface area (Å²) in [6.07, 6.45) is 2.27. The van der Waals surface area contributed by atoms with Crippen molar-refractivity contribution >= 4 is 5.91 Å². The highest BCUT2D eigenvalue weighted by molar-refractivity contribution is 5.85. The highest BCUT2D eigenvalue weighted by Crippen LogP contribution is 2.26. The van der Waals surface area contributed by atoms with Gasteiger partial charge in [0, 0.05) is 6.04 Å². The van der Waals surface area contributed by atoms with E-state index in [0.717, 1.165) is 25.3 Å². The summed E-state index contributed by atoms with van der Waals surface area (Å²) in [6, 6.07) is 0.412. The molecule has 82 valence electrons. The molecule has 0 aromatic carbocycles. The summed E-state index contributed by atoms with van der Waals surface area (Å²) in [5.41, 5.74) is -0.437. The predicted molar refractivity (Wildman–Crippen MR) is 58.1 cm³/mol. The molecule has 0 aliphatic heterocycles. The Morgan fingerprint density at radius 2 is 2.00 bits per heavy atom. The Labute approximate surface area is 86.6 Å². The van der Waals surface area contributed by atoms with Crippen LogP contribution in [-0.4, -0.2) is 24.0 Å². The van der Waals surface area contributed by atoms with Gasteiger partial charge in [0.15, 0.2) is 0 Å². The monoisotopic (exact) mass is 198 g/mol. The van der Waals surface area contributed by atoms with E-state index in [1.54, 1.807) is 0 Å². The number of hydrogen-bond donors (Lipinski definition) is 2. The lowest BCUT2D eigenvalue weighted by molar-refractivity contribution is -0.128. The van der Waals surface area contributed by atoms with Crippen LogP contribution in [0.15, 0.2) is 0 Å². The minimum Gasteiger partial charge on any atom is -0.352 e. The molecular formula is C11H22N2O. The second-order valence-electron chi connectivity index (χ2n) is 4.90. The molecule has 0 unspecified atom stereocenters. The van der Waals surface area contributed by atoms with Crippen LogP contribution in [-0.2, 0) is 4.79 Å². The van der Waals surface area contributed by atoms with Gasteiger partial charge in [-0.25, -0.2) is 0 Å². The van der Waals surface area contributed by atoms with Gasteiger partial charge in [-0.2, -0.15) is 0 Å². The summed E-state index contributed by atoms with van der Waals surface area (Å²) in [6.45, 7) is 8.90. The van der Waals surface area contributed by atoms with Crippen molar-refractivity contribution in [3.63, 3.8) is 0 Å². The zero-order valence-corrected chi connectivity index (χ0v) is 9.68. The fourth-order valence-electron chi connectivity index (χ4n) is 1.91. The number of amides is 1. The lowest BCUT2D eigenvalue weighted by atomic mass is 9.81. The van der Waals surface area contributed by atoms with Gasteiger partial charge >= 0.3 is 0 Å². The molecule has 0 radical (unpaired) electrons. The van der Waals surface area contributed by atoms with Crippen molar-refractivity contribution in [2.45, 2.75) is 52.1 Å². The molecule has 1 amide bonds. The molecule has 0 saturated heterocycles. The van der Waals surface area contributed by atoms with Crippen molar-refractivity contribution in [2.24, 2.45) is 5.92 Å². The Bertz CT molecular complexity index is 207. The molecule has 1 fully saturated rings. The minimum absolute atomic E-state index is 0.122. The number of rotatable bonds is 4. The summed E-state index contributed by atoms with van der Waals surface area (Å²) >= 11 is 0. The number of carbonyl (C=O) groups is 1. The highest BCUT2D eigenvalue weighted by Gasteiger charge is 2.32. The van der Waals surface area contributed by atoms with Gasteiger partial charge in [0.2, 0.25) is 5.91 Å². The maximum absolute atomic E-state index is 11.8. The Morgan fingerprint density at radius 3 is 2.43 bits per heavy atom. The topological polar surface area (TPSA) is 41.1 Å². The molecule has 0 atom stereocenters. The Morgan fingerprint density at radius 1 is 1.43 bits per heavy atom. The van der Waals surface area contributed by atoms with Crippen molar-refractivity contribution in [1.29, 1.82) is 0 Å². The van der Waals surface area contributed by atoms with E-state index in [1.165, 1.54) is 0 Å². The molecule has 0 aromatic rings. The van der Waals surface area contributed by atoms with Crippen molar-refractivity contribution in [3.05, 3.63) is 0 Å². The van der Waals surface area contributed by atoms with Crippen LogP contribution in [0, 0.1) is 5.92 Å². The summed E-state index contributed by atoms with van der Waals surface area (Å²) in [7, 11) is 0. The van der Waals surface area contributed by atoms with Crippen LogP contribution in [0.25, 0.3) is 0 Å². The average Bonchev–Trinajstić information content (AvgIpc) is 2.01. The second-order valence-corrected chi connectivity index (χ2v) is 4.90. The van der Waals surface area contributed by atoms with Gasteiger partial charge in [-0.3, -0.25) is 4.79 Å². The summed E-state index contributed by atoms with van der Waals surface area (Å²) in [5, 5.41) is 6.24. The molecule has 1 aliphatic carbocycles. The number of hydrogen-bond acceptors (Lipinski definition) is 2. The van der Waals surface area contributed by atoms with Gasteiger partial charge in [0.1, 0.15) is 0 Å². The molecule has 14 heavy (non-hydrogen) atoms. The van der Waals surface area contributed by atoms with Crippen molar-refractivity contribution < 1.29 is 4.79 Å². The molecule has 0 bridgehead atoms. The molecule has 0 spiro atoms. The number of carbonyl (C=O) groups excluding carboxylic acids is 1. The number of nitrogens with one attached hydrogen (secondary N) is 2. The van der Waals surface area contributed by atoms with Crippen LogP contribution in [0.4, 0.5) is 0 Å². The van der Waals surface area contributed by atoms with E-state index in [1.807, 2.05) is 20.8 Å².